The molecule has 2 aromatic carbocycles. The van der Waals surface area contributed by atoms with Crippen molar-refractivity contribution in [3.05, 3.63) is 106 Å². The van der Waals surface area contributed by atoms with Gasteiger partial charge >= 0.3 is 6.03 Å². The van der Waals surface area contributed by atoms with Crippen molar-refractivity contribution < 1.29 is 14.0 Å². The summed E-state index contributed by atoms with van der Waals surface area (Å²) in [6.07, 6.45) is 7.74. The molecule has 3 aromatic rings. The lowest BCUT2D eigenvalue weighted by Gasteiger charge is -2.33. The second-order valence-electron chi connectivity index (χ2n) is 9.16. The second-order valence-corrected chi connectivity index (χ2v) is 9.59. The monoisotopic (exact) mass is 516 g/mol. The maximum Gasteiger partial charge on any atom is 0.322 e. The highest BCUT2D eigenvalue weighted by Crippen LogP contribution is 2.21. The summed E-state index contributed by atoms with van der Waals surface area (Å²) in [5.74, 6) is -0.653. The third kappa shape index (κ3) is 5.67. The molecule has 37 heavy (non-hydrogen) atoms. The average Bonchev–Trinajstić information content (AvgIpc) is 3.05. The molecule has 2 aliphatic rings. The Morgan fingerprint density at radius 1 is 1.11 bits per heavy atom. The number of aromatic nitrogens is 1. The van der Waals surface area contributed by atoms with Crippen LogP contribution >= 0.6 is 11.6 Å². The molecule has 0 spiro atoms. The van der Waals surface area contributed by atoms with Crippen LogP contribution < -0.4 is 26.1 Å². The number of anilines is 2. The van der Waals surface area contributed by atoms with Crippen LogP contribution in [0.1, 0.15) is 12.0 Å². The number of urea groups is 1. The Morgan fingerprint density at radius 2 is 1.86 bits per heavy atom. The smallest absolute Gasteiger partial charge is 0.322 e. The van der Waals surface area contributed by atoms with Crippen molar-refractivity contribution in [1.82, 2.24) is 9.88 Å². The Hall–Kier alpha value is -4.10. The molecule has 0 radical (unpaired) electrons. The fraction of sp³-hybridized carbons (Fsp3) is 0.172. The van der Waals surface area contributed by atoms with E-state index < -0.39 is 5.83 Å². The number of hydrogen-bond donors (Lipinski definition) is 2. The highest BCUT2D eigenvalue weighted by atomic mass is 35.5. The Kier molecular flexibility index (Phi) is 6.97. The number of halogens is 2. The molecule has 1 aliphatic carbocycles. The van der Waals surface area contributed by atoms with Gasteiger partial charge in [-0.2, -0.15) is 0 Å². The predicted octanol–water partition coefficient (Wildman–Crippen LogP) is 4.30. The Morgan fingerprint density at radius 3 is 2.59 bits per heavy atom. The molecule has 1 atom stereocenters. The molecule has 6 nitrogen and oxygen atoms in total. The summed E-state index contributed by atoms with van der Waals surface area (Å²) in [7, 11) is 0. The van der Waals surface area contributed by atoms with Crippen LogP contribution in [0.25, 0.3) is 12.2 Å². The van der Waals surface area contributed by atoms with Gasteiger partial charge in [0.2, 0.25) is 5.91 Å². The molecule has 1 saturated heterocycles. The fourth-order valence-electron chi connectivity index (χ4n) is 4.72. The molecule has 188 valence electrons. The molecule has 5 rings (SSSR count). The van der Waals surface area contributed by atoms with Crippen LogP contribution in [0.2, 0.25) is 5.02 Å². The number of amides is 3. The average molecular weight is 517 g/mol. The molecule has 3 amide bonds. The molecule has 2 N–H and O–H groups in total. The summed E-state index contributed by atoms with van der Waals surface area (Å²) in [6, 6.07) is 16.0. The van der Waals surface area contributed by atoms with Crippen LogP contribution in [-0.4, -0.2) is 29.1 Å². The number of carbonyl (C=O) groups excluding carboxylic acids is 2. The summed E-state index contributed by atoms with van der Waals surface area (Å²) in [6.45, 7) is 4.50. The molecule has 1 aliphatic heterocycles. The molecule has 1 fully saturated rings. The normalized spacial score (nSPS) is 17.1. The van der Waals surface area contributed by atoms with Crippen molar-refractivity contribution in [2.24, 2.45) is 0 Å². The first-order valence-electron chi connectivity index (χ1n) is 12.0. The molecule has 0 saturated carbocycles. The summed E-state index contributed by atoms with van der Waals surface area (Å²) >= 11 is 5.98. The standard InChI is InChI=1S/C29H26ClFN4O2/c1-19-13-22(31)16-27-26(14-19)20(17-34(27)18-28(36)32-23-5-3-2-4-6-23)15-24-11-12-35(29(37)33-24)25-9-7-21(30)8-10-25/h2-10,13-14,16-17,24H,1,11-12,15,18H2,(H,32,36)(H,33,37). The van der Waals surface area contributed by atoms with Crippen molar-refractivity contribution in [1.29, 1.82) is 0 Å². The van der Waals surface area contributed by atoms with E-state index in [9.17, 15) is 14.0 Å². The number of para-hydroxylation sites is 1. The van der Waals surface area contributed by atoms with Gasteiger partial charge in [0.1, 0.15) is 12.4 Å². The first-order chi connectivity index (χ1) is 17.9. The maximum atomic E-state index is 14.5. The number of hydrogen-bond acceptors (Lipinski definition) is 2. The Balaban J connectivity index is 1.38. The zero-order valence-corrected chi connectivity index (χ0v) is 20.8. The summed E-state index contributed by atoms with van der Waals surface area (Å²) in [5.41, 5.74) is 2.91. The van der Waals surface area contributed by atoms with Crippen molar-refractivity contribution in [3.63, 3.8) is 0 Å². The van der Waals surface area contributed by atoms with E-state index in [4.69, 9.17) is 11.6 Å². The molecule has 0 bridgehead atoms. The Labute approximate surface area is 219 Å². The van der Waals surface area contributed by atoms with E-state index in [1.165, 1.54) is 12.2 Å². The van der Waals surface area contributed by atoms with E-state index in [1.807, 2.05) is 54.7 Å². The number of nitrogens with one attached hydrogen (secondary N) is 2. The fourth-order valence-corrected chi connectivity index (χ4v) is 4.84. The topological polar surface area (TPSA) is 66.4 Å². The van der Waals surface area contributed by atoms with Crippen molar-refractivity contribution in [2.75, 3.05) is 16.8 Å². The number of nitrogens with zero attached hydrogens (tertiary/aromatic N) is 2. The molecule has 8 heteroatoms. The summed E-state index contributed by atoms with van der Waals surface area (Å²) in [4.78, 5) is 27.3. The van der Waals surface area contributed by atoms with Gasteiger partial charge in [0.15, 0.2) is 0 Å². The van der Waals surface area contributed by atoms with E-state index in [-0.39, 0.29) is 24.5 Å². The van der Waals surface area contributed by atoms with Gasteiger partial charge in [-0.05, 0) is 78.6 Å². The van der Waals surface area contributed by atoms with Crippen LogP contribution in [0.15, 0.2) is 84.8 Å². The highest BCUT2D eigenvalue weighted by molar-refractivity contribution is 6.30. The first kappa shape index (κ1) is 24.6. The number of rotatable bonds is 6. The zero-order chi connectivity index (χ0) is 25.9. The van der Waals surface area contributed by atoms with Crippen molar-refractivity contribution >= 4 is 47.1 Å². The van der Waals surface area contributed by atoms with Gasteiger partial charge < -0.3 is 15.2 Å². The van der Waals surface area contributed by atoms with E-state index in [1.54, 1.807) is 21.6 Å². The second kappa shape index (κ2) is 10.5. The van der Waals surface area contributed by atoms with E-state index in [2.05, 4.69) is 17.2 Å². The highest BCUT2D eigenvalue weighted by Gasteiger charge is 2.27. The van der Waals surface area contributed by atoms with Crippen LogP contribution in [0, 0.1) is 0 Å². The van der Waals surface area contributed by atoms with Gasteiger partial charge in [-0.3, -0.25) is 9.69 Å². The lowest BCUT2D eigenvalue weighted by atomic mass is 10.0. The van der Waals surface area contributed by atoms with Crippen molar-refractivity contribution in [2.45, 2.75) is 25.4 Å². The van der Waals surface area contributed by atoms with E-state index in [0.29, 0.717) is 34.6 Å². The minimum absolute atomic E-state index is 0.0166. The minimum atomic E-state index is -0.432. The Bertz CT molecular complexity index is 1510. The van der Waals surface area contributed by atoms with Gasteiger partial charge in [0, 0.05) is 40.4 Å². The third-order valence-electron chi connectivity index (χ3n) is 6.42. The summed E-state index contributed by atoms with van der Waals surface area (Å²) < 4.78 is 16.3. The maximum absolute atomic E-state index is 14.5. The minimum Gasteiger partial charge on any atom is -0.338 e. The lowest BCUT2D eigenvalue weighted by Crippen LogP contribution is -2.53. The number of benzene rings is 2. The molecule has 1 aromatic heterocycles. The number of fused-ring (bicyclic) bond motifs is 1. The van der Waals surface area contributed by atoms with E-state index in [0.717, 1.165) is 22.9 Å². The van der Waals surface area contributed by atoms with Crippen LogP contribution in [0.4, 0.5) is 20.6 Å². The zero-order valence-electron chi connectivity index (χ0n) is 20.1. The van der Waals surface area contributed by atoms with Crippen LogP contribution in [0.3, 0.4) is 0 Å². The van der Waals surface area contributed by atoms with Gasteiger partial charge in [-0.1, -0.05) is 36.4 Å². The SMILES string of the molecule is C=C1C=C(F)C=c2c(c(CC3CCN(c4ccc(Cl)cc4)C(=O)N3)cn2CC(=O)Nc2ccccc2)=C1. The van der Waals surface area contributed by atoms with Crippen molar-refractivity contribution in [3.8, 4) is 0 Å². The van der Waals surface area contributed by atoms with Crippen LogP contribution in [0.5, 0.6) is 0 Å². The van der Waals surface area contributed by atoms with E-state index >= 15 is 0 Å². The third-order valence-corrected chi connectivity index (χ3v) is 6.67. The first-order valence-corrected chi connectivity index (χ1v) is 12.4. The van der Waals surface area contributed by atoms with Crippen LogP contribution in [-0.2, 0) is 17.8 Å². The molecule has 1 unspecified atom stereocenters. The van der Waals surface area contributed by atoms with Gasteiger partial charge in [0.05, 0.1) is 5.35 Å². The molecular formula is C29H26ClFN4O2. The quantitative estimate of drug-likeness (QED) is 0.513. The number of carbonyl (C=O) groups is 2. The predicted molar refractivity (Wildman–Crippen MR) is 145 cm³/mol. The number of allylic oxidation sites excluding steroid dienone is 3. The largest absolute Gasteiger partial charge is 0.338 e. The molecule has 2 heterocycles. The molecular weight excluding hydrogens is 491 g/mol. The van der Waals surface area contributed by atoms with Gasteiger partial charge in [0.25, 0.3) is 0 Å². The van der Waals surface area contributed by atoms with Gasteiger partial charge in [-0.15, -0.1) is 0 Å². The van der Waals surface area contributed by atoms with Gasteiger partial charge in [-0.25, -0.2) is 9.18 Å². The summed E-state index contributed by atoms with van der Waals surface area (Å²) in [5, 5.41) is 7.97. The lowest BCUT2D eigenvalue weighted by molar-refractivity contribution is -0.116.